The molecule has 0 aliphatic rings. The second-order valence-corrected chi connectivity index (χ2v) is 4.07. The van der Waals surface area contributed by atoms with Crippen molar-refractivity contribution in [2.24, 2.45) is 0 Å². The number of rotatable bonds is 5. The smallest absolute Gasteiger partial charge is 0.347 e. The minimum atomic E-state index is -0.921. The molecule has 0 fully saturated rings. The third-order valence-electron chi connectivity index (χ3n) is 2.49. The first kappa shape index (κ1) is 15.0. The molecule has 0 heterocycles. The Bertz CT molecular complexity index is 450. The zero-order valence-corrected chi connectivity index (χ0v) is 11.3. The average molecular weight is 262 g/mol. The van der Waals surface area contributed by atoms with Crippen LogP contribution < -0.4 is 0 Å². The van der Waals surface area contributed by atoms with Gasteiger partial charge in [-0.1, -0.05) is 36.4 Å². The summed E-state index contributed by atoms with van der Waals surface area (Å²) in [6.07, 6.45) is 1.50. The maximum atomic E-state index is 11.7. The van der Waals surface area contributed by atoms with Gasteiger partial charge in [-0.05, 0) is 26.3 Å². The fourth-order valence-corrected chi connectivity index (χ4v) is 1.46. The molecule has 0 N–H and O–H groups in total. The minimum absolute atomic E-state index is 0.378. The van der Waals surface area contributed by atoms with Crippen molar-refractivity contribution in [3.63, 3.8) is 0 Å². The molecule has 0 aliphatic heterocycles. The van der Waals surface area contributed by atoms with Crippen molar-refractivity contribution in [3.05, 3.63) is 48.0 Å². The summed E-state index contributed by atoms with van der Waals surface area (Å²) in [5.74, 6) is -1.12. The van der Waals surface area contributed by atoms with Crippen LogP contribution in [0.15, 0.2) is 42.5 Å². The average Bonchev–Trinajstić information content (AvgIpc) is 2.39. The molecule has 4 nitrogen and oxygen atoms in total. The largest absolute Gasteiger partial charge is 0.455 e. The summed E-state index contributed by atoms with van der Waals surface area (Å²) in [5.41, 5.74) is 0.892. The molecular formula is C15H18O4. The van der Waals surface area contributed by atoms with E-state index in [-0.39, 0.29) is 6.10 Å². The third-order valence-corrected chi connectivity index (χ3v) is 2.49. The Labute approximate surface area is 113 Å². The lowest BCUT2D eigenvalue weighted by molar-refractivity contribution is -0.167. The number of ether oxygens (including phenoxy) is 2. The number of benzene rings is 1. The predicted molar refractivity (Wildman–Crippen MR) is 71.3 cm³/mol. The summed E-state index contributed by atoms with van der Waals surface area (Å²) >= 11 is 0. The predicted octanol–water partition coefficient (Wildman–Crippen LogP) is 2.80. The molecule has 0 aromatic heterocycles. The maximum Gasteiger partial charge on any atom is 0.347 e. The van der Waals surface area contributed by atoms with Crippen LogP contribution in [0.5, 0.6) is 0 Å². The lowest BCUT2D eigenvalue weighted by atomic mass is 10.1. The van der Waals surface area contributed by atoms with Crippen molar-refractivity contribution in [2.45, 2.75) is 33.0 Å². The van der Waals surface area contributed by atoms with Crippen LogP contribution in [0.4, 0.5) is 0 Å². The fraction of sp³-hybridized carbons (Fsp3) is 0.333. The Morgan fingerprint density at radius 1 is 1.11 bits per heavy atom. The van der Waals surface area contributed by atoms with Crippen molar-refractivity contribution < 1.29 is 19.1 Å². The molecule has 0 aliphatic carbocycles. The molecule has 0 spiro atoms. The molecule has 0 radical (unpaired) electrons. The van der Waals surface area contributed by atoms with Gasteiger partial charge in [0.25, 0.3) is 0 Å². The van der Waals surface area contributed by atoms with Gasteiger partial charge in [-0.15, -0.1) is 0 Å². The summed E-state index contributed by atoms with van der Waals surface area (Å²) < 4.78 is 10.1. The molecule has 102 valence electrons. The van der Waals surface area contributed by atoms with Crippen LogP contribution in [0.3, 0.4) is 0 Å². The van der Waals surface area contributed by atoms with Crippen molar-refractivity contribution >= 4 is 11.9 Å². The Morgan fingerprint density at radius 2 is 1.74 bits per heavy atom. The van der Waals surface area contributed by atoms with Crippen LogP contribution in [-0.2, 0) is 19.1 Å². The van der Waals surface area contributed by atoms with Crippen molar-refractivity contribution in [1.29, 1.82) is 0 Å². The van der Waals surface area contributed by atoms with E-state index in [1.165, 1.54) is 13.0 Å². The number of allylic oxidation sites excluding steroid dienone is 1. The van der Waals surface area contributed by atoms with E-state index in [0.717, 1.165) is 5.56 Å². The van der Waals surface area contributed by atoms with E-state index < -0.39 is 18.0 Å². The standard InChI is InChI=1S/C15H18O4/c1-4-8-14(16)18-12(3)15(17)19-11(2)13-9-6-5-7-10-13/h4-12H,1-3H3/b8-4-. The Kier molecular flexibility index (Phi) is 5.79. The Morgan fingerprint density at radius 3 is 2.32 bits per heavy atom. The second-order valence-electron chi connectivity index (χ2n) is 4.07. The molecule has 0 saturated heterocycles. The van der Waals surface area contributed by atoms with E-state index in [9.17, 15) is 9.59 Å². The highest BCUT2D eigenvalue weighted by molar-refractivity contribution is 5.85. The first-order valence-corrected chi connectivity index (χ1v) is 6.13. The fourth-order valence-electron chi connectivity index (χ4n) is 1.46. The minimum Gasteiger partial charge on any atom is -0.455 e. The van der Waals surface area contributed by atoms with Crippen LogP contribution in [0, 0.1) is 0 Å². The molecule has 4 heteroatoms. The van der Waals surface area contributed by atoms with Crippen LogP contribution in [0.25, 0.3) is 0 Å². The van der Waals surface area contributed by atoms with Gasteiger partial charge in [0, 0.05) is 6.08 Å². The van der Waals surface area contributed by atoms with Gasteiger partial charge < -0.3 is 9.47 Å². The number of hydrogen-bond acceptors (Lipinski definition) is 4. The number of esters is 2. The molecule has 1 rings (SSSR count). The summed E-state index contributed by atoms with van der Waals surface area (Å²) in [4.78, 5) is 22.9. The monoisotopic (exact) mass is 262 g/mol. The molecule has 1 aromatic carbocycles. The van der Waals surface area contributed by atoms with Crippen molar-refractivity contribution in [1.82, 2.24) is 0 Å². The summed E-state index contributed by atoms with van der Waals surface area (Å²) in [7, 11) is 0. The first-order valence-electron chi connectivity index (χ1n) is 6.13. The highest BCUT2D eigenvalue weighted by Crippen LogP contribution is 2.17. The van der Waals surface area contributed by atoms with E-state index in [0.29, 0.717) is 0 Å². The molecule has 2 unspecified atom stereocenters. The maximum absolute atomic E-state index is 11.7. The third kappa shape index (κ3) is 4.95. The van der Waals surface area contributed by atoms with Crippen LogP contribution in [0.2, 0.25) is 0 Å². The normalized spacial score (nSPS) is 13.8. The van der Waals surface area contributed by atoms with E-state index in [1.54, 1.807) is 19.9 Å². The topological polar surface area (TPSA) is 52.6 Å². The molecule has 2 atom stereocenters. The van der Waals surface area contributed by atoms with Crippen molar-refractivity contribution in [2.75, 3.05) is 0 Å². The summed E-state index contributed by atoms with van der Waals surface area (Å²) in [5, 5.41) is 0. The van der Waals surface area contributed by atoms with Gasteiger partial charge in [-0.25, -0.2) is 9.59 Å². The first-order chi connectivity index (χ1) is 9.04. The highest BCUT2D eigenvalue weighted by Gasteiger charge is 2.21. The van der Waals surface area contributed by atoms with E-state index >= 15 is 0 Å². The van der Waals surface area contributed by atoms with Gasteiger partial charge >= 0.3 is 11.9 Å². The molecule has 0 saturated carbocycles. The van der Waals surface area contributed by atoms with Gasteiger partial charge in [0.1, 0.15) is 6.10 Å². The summed E-state index contributed by atoms with van der Waals surface area (Å²) in [6.45, 7) is 4.96. The lowest BCUT2D eigenvalue weighted by Crippen LogP contribution is -2.26. The zero-order valence-electron chi connectivity index (χ0n) is 11.3. The van der Waals surface area contributed by atoms with Gasteiger partial charge in [-0.2, -0.15) is 0 Å². The van der Waals surface area contributed by atoms with E-state index in [1.807, 2.05) is 30.3 Å². The van der Waals surface area contributed by atoms with E-state index in [2.05, 4.69) is 0 Å². The highest BCUT2D eigenvalue weighted by atomic mass is 16.6. The zero-order chi connectivity index (χ0) is 14.3. The van der Waals surface area contributed by atoms with E-state index in [4.69, 9.17) is 9.47 Å². The number of carbonyl (C=O) groups excluding carboxylic acids is 2. The van der Waals surface area contributed by atoms with Gasteiger partial charge in [0.05, 0.1) is 0 Å². The molecule has 19 heavy (non-hydrogen) atoms. The molecule has 0 amide bonds. The van der Waals surface area contributed by atoms with Crippen LogP contribution in [0.1, 0.15) is 32.4 Å². The number of carbonyl (C=O) groups is 2. The Hall–Kier alpha value is -2.10. The summed E-state index contributed by atoms with van der Waals surface area (Å²) in [6, 6.07) is 9.37. The van der Waals surface area contributed by atoms with Gasteiger partial charge in [0.15, 0.2) is 6.10 Å². The molecule has 0 bridgehead atoms. The van der Waals surface area contributed by atoms with Crippen LogP contribution in [-0.4, -0.2) is 18.0 Å². The Balaban J connectivity index is 2.52. The van der Waals surface area contributed by atoms with Gasteiger partial charge in [-0.3, -0.25) is 0 Å². The quantitative estimate of drug-likeness (QED) is 0.605. The SMILES string of the molecule is C/C=C\C(=O)OC(C)C(=O)OC(C)c1ccccc1. The number of hydrogen-bond donors (Lipinski definition) is 0. The molecular weight excluding hydrogens is 244 g/mol. The van der Waals surface area contributed by atoms with Gasteiger partial charge in [0.2, 0.25) is 0 Å². The lowest BCUT2D eigenvalue weighted by Gasteiger charge is -2.17. The second kappa shape index (κ2) is 7.36. The van der Waals surface area contributed by atoms with Crippen molar-refractivity contribution in [3.8, 4) is 0 Å². The van der Waals surface area contributed by atoms with Crippen LogP contribution >= 0.6 is 0 Å². The molecule has 1 aromatic rings.